The van der Waals surface area contributed by atoms with Crippen LogP contribution >= 0.6 is 11.5 Å². The highest BCUT2D eigenvalue weighted by Crippen LogP contribution is 2.25. The molecule has 0 aliphatic heterocycles. The molecular formula is C21H21N3O3S. The van der Waals surface area contributed by atoms with Gasteiger partial charge in [0.15, 0.2) is 0 Å². The number of unbranched alkanes of at least 4 members (excludes halogenated alkanes) is 1. The third kappa shape index (κ3) is 4.80. The van der Waals surface area contributed by atoms with E-state index < -0.39 is 0 Å². The molecule has 1 heterocycles. The number of anilines is 1. The van der Waals surface area contributed by atoms with Crippen molar-refractivity contribution in [2.24, 2.45) is 0 Å². The van der Waals surface area contributed by atoms with Crippen molar-refractivity contribution in [2.75, 3.05) is 11.9 Å². The van der Waals surface area contributed by atoms with Crippen LogP contribution < -0.4 is 5.32 Å². The van der Waals surface area contributed by atoms with Gasteiger partial charge in [-0.25, -0.2) is 4.79 Å². The van der Waals surface area contributed by atoms with Crippen molar-refractivity contribution >= 4 is 29.1 Å². The number of aryl methyl sites for hydroxylation is 1. The molecule has 0 fully saturated rings. The number of esters is 1. The third-order valence-electron chi connectivity index (χ3n) is 4.13. The Hall–Kier alpha value is -3.06. The number of benzene rings is 2. The molecule has 28 heavy (non-hydrogen) atoms. The number of aromatic nitrogens is 2. The summed E-state index contributed by atoms with van der Waals surface area (Å²) in [5.41, 5.74) is 3.56. The number of hydrogen-bond donors (Lipinski definition) is 1. The first-order valence-electron chi connectivity index (χ1n) is 9.06. The van der Waals surface area contributed by atoms with Crippen LogP contribution in [0.5, 0.6) is 0 Å². The molecule has 0 spiro atoms. The molecular weight excluding hydrogens is 374 g/mol. The van der Waals surface area contributed by atoms with E-state index in [1.54, 1.807) is 24.3 Å². The van der Waals surface area contributed by atoms with Crippen LogP contribution in [0.1, 0.15) is 45.4 Å². The summed E-state index contributed by atoms with van der Waals surface area (Å²) in [6.07, 6.45) is 1.81. The smallest absolute Gasteiger partial charge is 0.338 e. The highest BCUT2D eigenvalue weighted by atomic mass is 32.1. The van der Waals surface area contributed by atoms with E-state index in [2.05, 4.69) is 14.9 Å². The second-order valence-corrected chi connectivity index (χ2v) is 7.09. The van der Waals surface area contributed by atoms with Gasteiger partial charge in [0.2, 0.25) is 0 Å². The van der Waals surface area contributed by atoms with E-state index >= 15 is 0 Å². The predicted octanol–water partition coefficient (Wildman–Crippen LogP) is 4.72. The fraction of sp³-hybridized carbons (Fsp3) is 0.238. The number of nitrogens with one attached hydrogen (secondary N) is 1. The first-order valence-corrected chi connectivity index (χ1v) is 9.83. The minimum atomic E-state index is -0.361. The summed E-state index contributed by atoms with van der Waals surface area (Å²) >= 11 is 1.05. The summed E-state index contributed by atoms with van der Waals surface area (Å²) in [6, 6.07) is 14.4. The van der Waals surface area contributed by atoms with Gasteiger partial charge in [-0.15, -0.1) is 5.10 Å². The Morgan fingerprint density at radius 2 is 1.79 bits per heavy atom. The van der Waals surface area contributed by atoms with E-state index in [-0.39, 0.29) is 11.9 Å². The maximum Gasteiger partial charge on any atom is 0.338 e. The summed E-state index contributed by atoms with van der Waals surface area (Å²) in [6.45, 7) is 4.45. The molecule has 0 saturated carbocycles. The number of carbonyl (C=O) groups is 2. The zero-order chi connectivity index (χ0) is 19.9. The third-order valence-corrected chi connectivity index (χ3v) is 4.85. The molecule has 0 aliphatic rings. The van der Waals surface area contributed by atoms with Crippen LogP contribution in [0.15, 0.2) is 48.5 Å². The number of carbonyl (C=O) groups excluding carboxylic acids is 2. The van der Waals surface area contributed by atoms with Gasteiger partial charge in [-0.05, 0) is 49.1 Å². The van der Waals surface area contributed by atoms with Crippen molar-refractivity contribution in [2.45, 2.75) is 26.7 Å². The highest BCUT2D eigenvalue weighted by Gasteiger charge is 2.18. The second kappa shape index (κ2) is 9.23. The molecule has 1 amide bonds. The fourth-order valence-electron chi connectivity index (χ4n) is 2.51. The van der Waals surface area contributed by atoms with E-state index in [9.17, 15) is 9.59 Å². The van der Waals surface area contributed by atoms with Crippen LogP contribution in [0, 0.1) is 6.92 Å². The molecule has 0 saturated heterocycles. The van der Waals surface area contributed by atoms with E-state index in [0.717, 1.165) is 35.5 Å². The minimum absolute atomic E-state index is 0.288. The van der Waals surface area contributed by atoms with Gasteiger partial charge in [0.05, 0.1) is 12.2 Å². The molecule has 2 aromatic carbocycles. The molecule has 144 valence electrons. The lowest BCUT2D eigenvalue weighted by Crippen LogP contribution is -2.12. The molecule has 0 bridgehead atoms. The molecule has 0 radical (unpaired) electrons. The number of ether oxygens (including phenoxy) is 1. The van der Waals surface area contributed by atoms with Gasteiger partial charge in [0.1, 0.15) is 10.6 Å². The molecule has 3 aromatic rings. The summed E-state index contributed by atoms with van der Waals surface area (Å²) in [5.74, 6) is -0.650. The summed E-state index contributed by atoms with van der Waals surface area (Å²) in [7, 11) is 0. The monoisotopic (exact) mass is 395 g/mol. The maximum absolute atomic E-state index is 12.7. The molecule has 0 unspecified atom stereocenters. The van der Waals surface area contributed by atoms with Crippen LogP contribution in [-0.2, 0) is 4.74 Å². The lowest BCUT2D eigenvalue weighted by atomic mass is 10.1. The number of hydrogen-bond acceptors (Lipinski definition) is 6. The van der Waals surface area contributed by atoms with Crippen molar-refractivity contribution in [3.8, 4) is 11.3 Å². The van der Waals surface area contributed by atoms with Gasteiger partial charge in [-0.2, -0.15) is 0 Å². The highest BCUT2D eigenvalue weighted by molar-refractivity contribution is 7.08. The van der Waals surface area contributed by atoms with E-state index in [1.807, 2.05) is 38.1 Å². The van der Waals surface area contributed by atoms with Gasteiger partial charge in [-0.3, -0.25) is 4.79 Å². The van der Waals surface area contributed by atoms with Gasteiger partial charge in [0, 0.05) is 11.3 Å². The molecule has 0 atom stereocenters. The molecule has 7 heteroatoms. The Kier molecular flexibility index (Phi) is 6.49. The number of rotatable bonds is 7. The standard InChI is InChI=1S/C21H21N3O3S/c1-3-4-13-27-21(26)16-9-11-17(12-10-16)22-20(25)19-18(23-24-28-19)15-7-5-14(2)6-8-15/h5-12H,3-4,13H2,1-2H3,(H,22,25). The Labute approximate surface area is 167 Å². The van der Waals surface area contributed by atoms with Crippen LogP contribution in [0.2, 0.25) is 0 Å². The van der Waals surface area contributed by atoms with Crippen molar-refractivity contribution in [3.63, 3.8) is 0 Å². The van der Waals surface area contributed by atoms with Crippen molar-refractivity contribution in [1.29, 1.82) is 0 Å². The fourth-order valence-corrected chi connectivity index (χ4v) is 3.09. The van der Waals surface area contributed by atoms with Crippen molar-refractivity contribution < 1.29 is 14.3 Å². The van der Waals surface area contributed by atoms with Gasteiger partial charge >= 0.3 is 5.97 Å². The lowest BCUT2D eigenvalue weighted by molar-refractivity contribution is 0.0499. The molecule has 6 nitrogen and oxygen atoms in total. The molecule has 0 aliphatic carbocycles. The molecule has 3 rings (SSSR count). The largest absolute Gasteiger partial charge is 0.462 e. The van der Waals surface area contributed by atoms with E-state index in [0.29, 0.717) is 28.4 Å². The molecule has 1 N–H and O–H groups in total. The topological polar surface area (TPSA) is 81.2 Å². The van der Waals surface area contributed by atoms with Crippen LogP contribution in [-0.4, -0.2) is 28.1 Å². The Morgan fingerprint density at radius 1 is 1.07 bits per heavy atom. The Bertz CT molecular complexity index is 950. The predicted molar refractivity (Wildman–Crippen MR) is 110 cm³/mol. The average molecular weight is 395 g/mol. The summed E-state index contributed by atoms with van der Waals surface area (Å²) in [4.78, 5) is 25.0. The first kappa shape index (κ1) is 19.7. The number of amides is 1. The molecule has 1 aromatic heterocycles. The second-order valence-electron chi connectivity index (χ2n) is 6.34. The van der Waals surface area contributed by atoms with Crippen molar-refractivity contribution in [3.05, 3.63) is 64.5 Å². The van der Waals surface area contributed by atoms with Gasteiger partial charge in [-0.1, -0.05) is 47.7 Å². The Balaban J connectivity index is 1.68. The maximum atomic E-state index is 12.7. The Morgan fingerprint density at radius 3 is 2.46 bits per heavy atom. The SMILES string of the molecule is CCCCOC(=O)c1ccc(NC(=O)c2snnc2-c2ccc(C)cc2)cc1. The number of nitrogens with zero attached hydrogens (tertiary/aromatic N) is 2. The zero-order valence-corrected chi connectivity index (χ0v) is 16.6. The normalized spacial score (nSPS) is 10.5. The quantitative estimate of drug-likeness (QED) is 0.462. The van der Waals surface area contributed by atoms with Crippen LogP contribution in [0.4, 0.5) is 5.69 Å². The zero-order valence-electron chi connectivity index (χ0n) is 15.8. The van der Waals surface area contributed by atoms with Crippen LogP contribution in [0.3, 0.4) is 0 Å². The van der Waals surface area contributed by atoms with Crippen molar-refractivity contribution in [1.82, 2.24) is 9.59 Å². The van der Waals surface area contributed by atoms with E-state index in [1.165, 1.54) is 0 Å². The lowest BCUT2D eigenvalue weighted by Gasteiger charge is -2.07. The minimum Gasteiger partial charge on any atom is -0.462 e. The summed E-state index contributed by atoms with van der Waals surface area (Å²) < 4.78 is 9.11. The summed E-state index contributed by atoms with van der Waals surface area (Å²) in [5, 5.41) is 6.92. The van der Waals surface area contributed by atoms with E-state index in [4.69, 9.17) is 4.74 Å². The average Bonchev–Trinajstić information content (AvgIpc) is 3.19. The van der Waals surface area contributed by atoms with Gasteiger partial charge in [0.25, 0.3) is 5.91 Å². The van der Waals surface area contributed by atoms with Crippen LogP contribution in [0.25, 0.3) is 11.3 Å². The first-order chi connectivity index (χ1) is 13.6. The van der Waals surface area contributed by atoms with Gasteiger partial charge < -0.3 is 10.1 Å².